The molecule has 0 bridgehead atoms. The van der Waals surface area contributed by atoms with Crippen LogP contribution in [0.1, 0.15) is 43.1 Å². The number of hydrogen-bond acceptors (Lipinski definition) is 5. The summed E-state index contributed by atoms with van der Waals surface area (Å²) in [7, 11) is 0. The summed E-state index contributed by atoms with van der Waals surface area (Å²) in [6.07, 6.45) is 3.56. The summed E-state index contributed by atoms with van der Waals surface area (Å²) in [4.78, 5) is 31.5. The molecule has 1 saturated heterocycles. The highest BCUT2D eigenvalue weighted by Crippen LogP contribution is 2.36. The van der Waals surface area contributed by atoms with Crippen LogP contribution in [-0.2, 0) is 16.1 Å². The smallest absolute Gasteiger partial charge is 0.230 e. The van der Waals surface area contributed by atoms with Crippen LogP contribution < -0.4 is 10.2 Å². The van der Waals surface area contributed by atoms with Gasteiger partial charge in [0.15, 0.2) is 0 Å². The maximum absolute atomic E-state index is 12.7. The number of hydrogen-bond donors (Lipinski definition) is 1. The molecule has 2 fully saturated rings. The number of benzene rings is 2. The number of carbonyl (C=O) groups is 2. The number of amides is 2. The van der Waals surface area contributed by atoms with E-state index < -0.39 is 5.92 Å². The van der Waals surface area contributed by atoms with E-state index >= 15 is 0 Å². The average Bonchev–Trinajstić information content (AvgIpc) is 3.39. The minimum Gasteiger partial charge on any atom is -0.352 e. The highest BCUT2D eigenvalue weighted by atomic mass is 35.5. The maximum Gasteiger partial charge on any atom is 0.230 e. The van der Waals surface area contributed by atoms with Gasteiger partial charge < -0.3 is 14.7 Å². The monoisotopic (exact) mass is 450 g/mol. The molecule has 1 saturated carbocycles. The van der Waals surface area contributed by atoms with Gasteiger partial charge in [-0.05, 0) is 42.7 Å². The Morgan fingerprint density at radius 2 is 2.00 bits per heavy atom. The summed E-state index contributed by atoms with van der Waals surface area (Å²) >= 11 is 5.90. The van der Waals surface area contributed by atoms with E-state index in [1.54, 1.807) is 17.0 Å². The predicted molar refractivity (Wildman–Crippen MR) is 120 cm³/mol. The molecule has 1 aromatic heterocycles. The number of halogens is 1. The standard InChI is InChI=1S/C24H23ClN4O3/c25-19-9-7-15(8-10-19)13-26-23(31)18-12-21(30)29(14-18)20-6-2-5-17(11-20)22-27-24(32-28-22)16-3-1-4-16/h2,5-11,16,18H,1,3-4,12-14H2,(H,26,31)/t18-/m1/s1. The third-order valence-electron chi connectivity index (χ3n) is 6.19. The van der Waals surface area contributed by atoms with Gasteiger partial charge in [0.2, 0.25) is 23.5 Å². The van der Waals surface area contributed by atoms with Crippen LogP contribution in [0.25, 0.3) is 11.4 Å². The number of carbonyl (C=O) groups excluding carboxylic acids is 2. The van der Waals surface area contributed by atoms with Gasteiger partial charge in [0, 0.05) is 41.7 Å². The van der Waals surface area contributed by atoms with Crippen molar-refractivity contribution < 1.29 is 14.1 Å². The first-order valence-electron chi connectivity index (χ1n) is 10.8. The van der Waals surface area contributed by atoms with Gasteiger partial charge in [-0.1, -0.05) is 47.4 Å². The molecule has 2 aromatic carbocycles. The lowest BCUT2D eigenvalue weighted by Crippen LogP contribution is -2.32. The van der Waals surface area contributed by atoms with Crippen LogP contribution in [0.15, 0.2) is 53.1 Å². The first-order valence-corrected chi connectivity index (χ1v) is 11.2. The summed E-state index contributed by atoms with van der Waals surface area (Å²) in [6, 6.07) is 14.8. The van der Waals surface area contributed by atoms with Crippen molar-refractivity contribution in [2.24, 2.45) is 5.92 Å². The fourth-order valence-corrected chi connectivity index (χ4v) is 4.18. The van der Waals surface area contributed by atoms with Crippen molar-refractivity contribution in [3.05, 3.63) is 65.0 Å². The van der Waals surface area contributed by atoms with Crippen molar-refractivity contribution in [2.75, 3.05) is 11.4 Å². The van der Waals surface area contributed by atoms with Gasteiger partial charge in [-0.2, -0.15) is 4.98 Å². The van der Waals surface area contributed by atoms with Crippen molar-refractivity contribution >= 4 is 29.1 Å². The number of rotatable bonds is 6. The first-order chi connectivity index (χ1) is 15.6. The average molecular weight is 451 g/mol. The Hall–Kier alpha value is -3.19. The molecule has 0 unspecified atom stereocenters. The Kier molecular flexibility index (Phi) is 5.66. The van der Waals surface area contributed by atoms with Gasteiger partial charge in [0.05, 0.1) is 5.92 Å². The Bertz CT molecular complexity index is 1140. The molecule has 1 aliphatic carbocycles. The lowest BCUT2D eigenvalue weighted by Gasteiger charge is -2.20. The molecule has 0 spiro atoms. The summed E-state index contributed by atoms with van der Waals surface area (Å²) in [5, 5.41) is 7.69. The van der Waals surface area contributed by atoms with Gasteiger partial charge in [-0.25, -0.2) is 0 Å². The van der Waals surface area contributed by atoms with Crippen LogP contribution in [0.2, 0.25) is 5.02 Å². The van der Waals surface area contributed by atoms with Crippen molar-refractivity contribution in [3.63, 3.8) is 0 Å². The normalized spacial score (nSPS) is 18.6. The molecule has 3 aromatic rings. The predicted octanol–water partition coefficient (Wildman–Crippen LogP) is 4.33. The quantitative estimate of drug-likeness (QED) is 0.604. The van der Waals surface area contributed by atoms with Crippen molar-refractivity contribution in [1.82, 2.24) is 15.5 Å². The third kappa shape index (κ3) is 4.25. The highest BCUT2D eigenvalue weighted by molar-refractivity contribution is 6.30. The Morgan fingerprint density at radius 3 is 2.75 bits per heavy atom. The molecule has 5 rings (SSSR count). The summed E-state index contributed by atoms with van der Waals surface area (Å²) in [5.41, 5.74) is 2.48. The largest absolute Gasteiger partial charge is 0.352 e. The second kappa shape index (κ2) is 8.74. The van der Waals surface area contributed by atoms with Gasteiger partial charge in [0.1, 0.15) is 0 Å². The molecule has 8 heteroatoms. The summed E-state index contributed by atoms with van der Waals surface area (Å²) in [5.74, 6) is 0.983. The third-order valence-corrected chi connectivity index (χ3v) is 6.44. The Balaban J connectivity index is 1.24. The van der Waals surface area contributed by atoms with E-state index in [2.05, 4.69) is 15.5 Å². The van der Waals surface area contributed by atoms with Crippen LogP contribution in [0.5, 0.6) is 0 Å². The molecule has 32 heavy (non-hydrogen) atoms. The van der Waals surface area contributed by atoms with E-state index in [0.29, 0.717) is 35.7 Å². The number of anilines is 1. The van der Waals surface area contributed by atoms with E-state index in [0.717, 1.165) is 29.7 Å². The van der Waals surface area contributed by atoms with Gasteiger partial charge >= 0.3 is 0 Å². The zero-order valence-corrected chi connectivity index (χ0v) is 18.2. The molecule has 2 heterocycles. The van der Waals surface area contributed by atoms with E-state index in [1.165, 1.54) is 6.42 Å². The van der Waals surface area contributed by atoms with Crippen molar-refractivity contribution in [1.29, 1.82) is 0 Å². The van der Waals surface area contributed by atoms with Gasteiger partial charge in [0.25, 0.3) is 0 Å². The highest BCUT2D eigenvalue weighted by Gasteiger charge is 2.35. The lowest BCUT2D eigenvalue weighted by molar-refractivity contribution is -0.126. The molecule has 1 N–H and O–H groups in total. The zero-order chi connectivity index (χ0) is 22.1. The topological polar surface area (TPSA) is 88.3 Å². The van der Waals surface area contributed by atoms with E-state index in [1.807, 2.05) is 36.4 Å². The molecule has 164 valence electrons. The number of aromatic nitrogens is 2. The van der Waals surface area contributed by atoms with Crippen LogP contribution in [-0.4, -0.2) is 28.5 Å². The number of nitrogens with zero attached hydrogens (tertiary/aromatic N) is 3. The minimum atomic E-state index is -0.395. The summed E-state index contributed by atoms with van der Waals surface area (Å²) < 4.78 is 5.43. The van der Waals surface area contributed by atoms with Crippen LogP contribution in [0.3, 0.4) is 0 Å². The van der Waals surface area contributed by atoms with Crippen molar-refractivity contribution in [2.45, 2.75) is 38.1 Å². The van der Waals surface area contributed by atoms with Crippen LogP contribution >= 0.6 is 11.6 Å². The van der Waals surface area contributed by atoms with Gasteiger partial charge in [-0.3, -0.25) is 9.59 Å². The van der Waals surface area contributed by atoms with Crippen molar-refractivity contribution in [3.8, 4) is 11.4 Å². The molecule has 1 atom stereocenters. The molecule has 0 radical (unpaired) electrons. The molecular weight excluding hydrogens is 428 g/mol. The minimum absolute atomic E-state index is 0.0722. The Morgan fingerprint density at radius 1 is 1.19 bits per heavy atom. The fourth-order valence-electron chi connectivity index (χ4n) is 4.05. The number of nitrogens with one attached hydrogen (secondary N) is 1. The maximum atomic E-state index is 12.7. The van der Waals surface area contributed by atoms with Crippen LogP contribution in [0.4, 0.5) is 5.69 Å². The molecule has 7 nitrogen and oxygen atoms in total. The molecule has 2 aliphatic rings. The van der Waals surface area contributed by atoms with E-state index in [9.17, 15) is 9.59 Å². The molecule has 2 amide bonds. The first kappa shape index (κ1) is 20.7. The SMILES string of the molecule is O=C(NCc1ccc(Cl)cc1)[C@@H]1CC(=O)N(c2cccc(-c3noc(C4CCC4)n3)c2)C1. The fraction of sp³-hybridized carbons (Fsp3) is 0.333. The molecule has 1 aliphatic heterocycles. The second-order valence-corrected chi connectivity index (χ2v) is 8.82. The Labute approximate surface area is 190 Å². The van der Waals surface area contributed by atoms with E-state index in [4.69, 9.17) is 16.1 Å². The summed E-state index contributed by atoms with van der Waals surface area (Å²) in [6.45, 7) is 0.742. The second-order valence-electron chi connectivity index (χ2n) is 8.38. The molecular formula is C24H23ClN4O3. The van der Waals surface area contributed by atoms with E-state index in [-0.39, 0.29) is 18.2 Å². The van der Waals surface area contributed by atoms with Crippen LogP contribution in [0, 0.1) is 5.92 Å². The lowest BCUT2D eigenvalue weighted by atomic mass is 9.85. The van der Waals surface area contributed by atoms with Gasteiger partial charge in [-0.15, -0.1) is 0 Å². The zero-order valence-electron chi connectivity index (χ0n) is 17.5.